The number of hydrogen-bond acceptors (Lipinski definition) is 22. The normalized spacial score (nSPS) is 25.7. The number of guanidine groups is 2. The third kappa shape index (κ3) is 17.0. The van der Waals surface area contributed by atoms with Gasteiger partial charge in [-0.1, -0.05) is 33.0 Å². The molecule has 6 aliphatic heterocycles. The van der Waals surface area contributed by atoms with Crippen molar-refractivity contribution in [1.29, 1.82) is 0 Å². The molecule has 548 valence electrons. The molecule has 3 aromatic carbocycles. The SMILES string of the molecule is C.C.C=C1N[C@@]2(c3cc(O)ccc3F)CO[C@@H](COC)C[C@H]2S(=O)(=O)N1C.COC[C@H]1C[C@@H]2[C@](c3cc(Oc4ccncc4F)ccc3F)(CO1)N=C(N)N(C)S2(=O)=O.COC[C@H]1C[C@@H]2[C@](c3cc(Oc4cnccc4Cl)ccc3F)(CO1)N=C(N)N(C)S2(=O)=O.F.FF.FF.FF. The van der Waals surface area contributed by atoms with E-state index in [4.69, 9.17) is 88.4 Å². The zero-order chi connectivity index (χ0) is 70.6. The number of fused-ring (bicyclic) bond motifs is 3. The summed E-state index contributed by atoms with van der Waals surface area (Å²) < 4.78 is 233. The van der Waals surface area contributed by atoms with Crippen LogP contribution < -0.4 is 26.3 Å². The number of rotatable bonds is 13. The smallest absolute Gasteiger partial charge is 0.243 e. The third-order valence-corrected chi connectivity index (χ3v) is 23.3. The molecule has 0 unspecified atom stereocenters. The van der Waals surface area contributed by atoms with Crippen LogP contribution in [0.3, 0.4) is 0 Å². The van der Waals surface area contributed by atoms with Crippen molar-refractivity contribution in [2.45, 2.75) is 84.8 Å². The lowest BCUT2D eigenvalue weighted by Crippen LogP contribution is -2.68. The Morgan fingerprint density at radius 1 is 0.582 bits per heavy atom. The van der Waals surface area contributed by atoms with Crippen molar-refractivity contribution >= 4 is 53.6 Å². The number of benzene rings is 3. The number of sulfonamides is 3. The van der Waals surface area contributed by atoms with Gasteiger partial charge in [-0.05, 0) is 79.9 Å². The molecule has 0 bridgehead atoms. The number of aliphatic imine (C=N–C) groups is 2. The van der Waals surface area contributed by atoms with Gasteiger partial charge < -0.3 is 59.8 Å². The van der Waals surface area contributed by atoms with Gasteiger partial charge in [0.15, 0.2) is 17.3 Å². The molecule has 4 fully saturated rings. The van der Waals surface area contributed by atoms with Crippen molar-refractivity contribution in [3.05, 3.63) is 149 Å². The van der Waals surface area contributed by atoms with E-state index in [1.165, 1.54) is 110 Å². The van der Waals surface area contributed by atoms with Gasteiger partial charge in [-0.2, -0.15) is 0 Å². The number of phenols is 1. The quantitative estimate of drug-likeness (QED) is 0.0800. The highest BCUT2D eigenvalue weighted by molar-refractivity contribution is 7.90. The van der Waals surface area contributed by atoms with E-state index in [0.29, 0.717) is 5.02 Å². The number of hydrogen-bond donors (Lipinski definition) is 4. The number of ether oxygens (including phenoxy) is 8. The van der Waals surface area contributed by atoms with Crippen LogP contribution in [0.25, 0.3) is 0 Å². The maximum absolute atomic E-state index is 15.2. The Morgan fingerprint density at radius 2 is 0.980 bits per heavy atom. The van der Waals surface area contributed by atoms with Gasteiger partial charge in [-0.15, -0.1) is 0 Å². The van der Waals surface area contributed by atoms with E-state index in [0.717, 1.165) is 31.2 Å². The molecule has 0 saturated carbocycles. The van der Waals surface area contributed by atoms with Crippen molar-refractivity contribution in [2.24, 2.45) is 21.5 Å². The molecule has 40 heteroatoms. The Hall–Kier alpha value is -7.63. The number of aromatic hydroxyl groups is 1. The maximum Gasteiger partial charge on any atom is 0.243 e. The van der Waals surface area contributed by atoms with Gasteiger partial charge in [-0.25, -0.2) is 61.4 Å². The highest BCUT2D eigenvalue weighted by Crippen LogP contribution is 2.49. The predicted molar refractivity (Wildman–Crippen MR) is 338 cm³/mol. The second-order valence-corrected chi connectivity index (χ2v) is 28.3. The van der Waals surface area contributed by atoms with Gasteiger partial charge in [-0.3, -0.25) is 19.0 Å². The van der Waals surface area contributed by atoms with Crippen LogP contribution in [0.15, 0.2) is 114 Å². The minimum atomic E-state index is -4.00. The highest BCUT2D eigenvalue weighted by Gasteiger charge is 2.61. The zero-order valence-electron chi connectivity index (χ0n) is 51.4. The fraction of sp³-hybridized carbons (Fsp3) is 0.448. The van der Waals surface area contributed by atoms with Gasteiger partial charge in [0.2, 0.25) is 42.0 Å². The molecular weight excluding hydrogens is 1420 g/mol. The summed E-state index contributed by atoms with van der Waals surface area (Å²) in [5.41, 5.74) is 7.18. The number of nitrogens with one attached hydrogen (secondary N) is 1. The molecule has 98 heavy (non-hydrogen) atoms. The molecule has 25 nitrogen and oxygen atoms in total. The molecular formula is C58H74ClF11N10O15S3. The highest BCUT2D eigenvalue weighted by atomic mass is 35.5. The molecule has 2 aromatic heterocycles. The molecule has 0 aliphatic carbocycles. The first-order valence-electron chi connectivity index (χ1n) is 27.6. The molecule has 8 heterocycles. The molecule has 0 radical (unpaired) electrons. The Bertz CT molecular complexity index is 3750. The average Bonchev–Trinajstić information content (AvgIpc) is 0.731. The summed E-state index contributed by atoms with van der Waals surface area (Å²) in [6, 6.07) is 14.1. The van der Waals surface area contributed by atoms with Gasteiger partial charge in [0, 0.05) is 105 Å². The molecule has 4 saturated heterocycles. The molecule has 0 spiro atoms. The first kappa shape index (κ1) is 84.6. The zero-order valence-corrected chi connectivity index (χ0v) is 54.6. The second-order valence-electron chi connectivity index (χ2n) is 21.5. The number of nitrogens with zero attached hydrogens (tertiary/aromatic N) is 7. The van der Waals surface area contributed by atoms with Crippen LogP contribution in [0.1, 0.15) is 50.8 Å². The average molecular weight is 1490 g/mol. The van der Waals surface area contributed by atoms with Crippen LogP contribution >= 0.6 is 11.6 Å². The summed E-state index contributed by atoms with van der Waals surface area (Å²) in [6.45, 7) is 3.77. The summed E-state index contributed by atoms with van der Waals surface area (Å²) in [5, 5.41) is 9.86. The minimum absolute atomic E-state index is 0. The monoisotopic (exact) mass is 1490 g/mol. The van der Waals surface area contributed by atoms with Crippen molar-refractivity contribution < 1.29 is 118 Å². The van der Waals surface area contributed by atoms with E-state index in [9.17, 15) is 39.1 Å². The van der Waals surface area contributed by atoms with Crippen molar-refractivity contribution in [3.8, 4) is 28.7 Å². The van der Waals surface area contributed by atoms with Crippen LogP contribution in [-0.2, 0) is 75.1 Å². The number of phenolic OH excluding ortho intramolecular Hbond substituents is 1. The Balaban J connectivity index is 0.000000365. The first-order valence-corrected chi connectivity index (χ1v) is 32.5. The molecule has 0 amide bonds. The number of aromatic nitrogens is 2. The number of nitrogens with two attached hydrogens (primary N) is 2. The van der Waals surface area contributed by atoms with E-state index in [1.54, 1.807) is 6.07 Å². The second kappa shape index (κ2) is 35.4. The predicted octanol–water partition coefficient (Wildman–Crippen LogP) is 8.81. The molecule has 9 atom stereocenters. The van der Waals surface area contributed by atoms with Crippen LogP contribution in [-0.4, -0.2) is 181 Å². The summed E-state index contributed by atoms with van der Waals surface area (Å²) >= 11 is 6.13. The number of pyridine rings is 2. The lowest BCUT2D eigenvalue weighted by molar-refractivity contribution is -0.0714. The summed E-state index contributed by atoms with van der Waals surface area (Å²) in [7, 11) is -3.29. The first-order chi connectivity index (χ1) is 45.1. The molecule has 6 aliphatic rings. The fourth-order valence-corrected chi connectivity index (χ4v) is 17.3. The molecule has 5 aromatic rings. The number of methoxy groups -OCH3 is 3. The van der Waals surface area contributed by atoms with Crippen LogP contribution in [0.2, 0.25) is 5.02 Å². The van der Waals surface area contributed by atoms with E-state index in [-0.39, 0.29) is 142 Å². The van der Waals surface area contributed by atoms with Gasteiger partial charge in [0.25, 0.3) is 0 Å². The third-order valence-electron chi connectivity index (χ3n) is 16.1. The minimum Gasteiger partial charge on any atom is -0.508 e. The molecule has 6 N–H and O–H groups in total. The summed E-state index contributed by atoms with van der Waals surface area (Å²) in [4.78, 5) is 16.5. The van der Waals surface area contributed by atoms with Crippen molar-refractivity contribution in [2.75, 3.05) is 82.1 Å². The number of halogens is 12. The largest absolute Gasteiger partial charge is 0.508 e. The van der Waals surface area contributed by atoms with E-state index < -0.39 is 104 Å². The van der Waals surface area contributed by atoms with Crippen molar-refractivity contribution in [3.63, 3.8) is 0 Å². The van der Waals surface area contributed by atoms with E-state index in [1.807, 2.05) is 0 Å². The van der Waals surface area contributed by atoms with Crippen molar-refractivity contribution in [1.82, 2.24) is 28.2 Å². The fourth-order valence-electron chi connectivity index (χ4n) is 11.5. The Morgan fingerprint density at radius 3 is 1.43 bits per heavy atom. The van der Waals surface area contributed by atoms with E-state index >= 15 is 8.78 Å². The lowest BCUT2D eigenvalue weighted by atomic mass is 9.82. The van der Waals surface area contributed by atoms with E-state index in [2.05, 4.69) is 31.8 Å². The molecule has 11 rings (SSSR count). The standard InChI is InChI=1S/C20H22ClFN4O5S.C20H22F2N4O5S.C16H21FN2O5S.2CH4.3F2.FH/c1-26-19(23)25-20(11-30-13(10-29-2)8-18(20)32(26,27)28)14-7-12(3-4-16(14)22)31-17-9-24-6-5-15(17)21;1-26-19(23)25-20(11-30-13(10-29-2)8-18(20)32(26,27)28)14-7-12(3-4-15(14)21)31-17-5-6-24-9-16(17)22;1-10-18-16(13-6-11(20)4-5-14(13)17)9-24-12(8-23-3)7-15(16)25(21,22)19(10)2;;;3*1-2;/h2*3-7,9,13,18H,8,10-11H2,1-2H3,(H2,23,25);4-6,12,15,18,20H,1,7-9H2,2-3H3;2*1H4;;;;1H/t2*13-,18-,20-;12-,15-,16-;;;;;;/m111....../s1. The lowest BCUT2D eigenvalue weighted by Gasteiger charge is -2.52. The van der Waals surface area contributed by atoms with Gasteiger partial charge in [0.05, 0.1) is 75.4 Å². The summed E-state index contributed by atoms with van der Waals surface area (Å²) in [6.07, 6.45) is 3.99. The summed E-state index contributed by atoms with van der Waals surface area (Å²) in [5.74, 6) is -2.84. The Labute approximate surface area is 563 Å². The van der Waals surface area contributed by atoms with Gasteiger partial charge in [0.1, 0.15) is 72.9 Å². The van der Waals surface area contributed by atoms with Crippen LogP contribution in [0.5, 0.6) is 28.7 Å². The van der Waals surface area contributed by atoms with Crippen LogP contribution in [0.4, 0.5) is 49.7 Å². The topological polar surface area (TPSA) is 321 Å². The van der Waals surface area contributed by atoms with Gasteiger partial charge >= 0.3 is 0 Å². The maximum atomic E-state index is 15.2. The Kier molecular flexibility index (Phi) is 30.6. The van der Waals surface area contributed by atoms with Crippen LogP contribution in [0, 0.1) is 23.3 Å².